The van der Waals surface area contributed by atoms with Crippen LogP contribution in [0.1, 0.15) is 72.1 Å². The highest BCUT2D eigenvalue weighted by molar-refractivity contribution is 5.82. The molecule has 1 aromatic carbocycles. The molecule has 1 heterocycles. The molecule has 1 atom stereocenters. The number of aliphatic hydroxyl groups is 2. The van der Waals surface area contributed by atoms with Gasteiger partial charge in [-0.1, -0.05) is 66.6 Å². The van der Waals surface area contributed by atoms with Crippen molar-refractivity contribution in [1.29, 1.82) is 0 Å². The van der Waals surface area contributed by atoms with E-state index in [1.165, 1.54) is 16.8 Å². The van der Waals surface area contributed by atoms with Crippen molar-refractivity contribution < 1.29 is 15.0 Å². The van der Waals surface area contributed by atoms with Crippen molar-refractivity contribution in [2.75, 3.05) is 31.1 Å². The van der Waals surface area contributed by atoms with Gasteiger partial charge in [-0.05, 0) is 70.6 Å². The van der Waals surface area contributed by atoms with Gasteiger partial charge in [0.05, 0.1) is 17.3 Å². The number of hydrogen-bond donors (Lipinski definition) is 2. The highest BCUT2D eigenvalue weighted by Crippen LogP contribution is 2.27. The molecule has 1 fully saturated rings. The van der Waals surface area contributed by atoms with Crippen LogP contribution in [0.3, 0.4) is 0 Å². The molecular weight excluding hydrogens is 536 g/mol. The summed E-state index contributed by atoms with van der Waals surface area (Å²) in [5.41, 5.74) is 5.26. The number of nitrogens with zero attached hydrogens (tertiary/aromatic N) is 4. The van der Waals surface area contributed by atoms with Crippen LogP contribution in [0.5, 0.6) is 0 Å². The van der Waals surface area contributed by atoms with E-state index in [0.717, 1.165) is 63.1 Å². The van der Waals surface area contributed by atoms with E-state index in [2.05, 4.69) is 67.3 Å². The van der Waals surface area contributed by atoms with E-state index in [4.69, 9.17) is 20.2 Å². The Balaban J connectivity index is 1.67. The van der Waals surface area contributed by atoms with Crippen molar-refractivity contribution in [3.8, 4) is 0 Å². The number of para-hydroxylation sites is 1. The Morgan fingerprint density at radius 2 is 1.84 bits per heavy atom. The Morgan fingerprint density at radius 3 is 2.58 bits per heavy atom. The molecule has 232 valence electrons. The third-order valence-corrected chi connectivity index (χ3v) is 7.83. The van der Waals surface area contributed by atoms with E-state index >= 15 is 0 Å². The van der Waals surface area contributed by atoms with E-state index in [9.17, 15) is 4.79 Å². The summed E-state index contributed by atoms with van der Waals surface area (Å²) < 4.78 is 0. The van der Waals surface area contributed by atoms with Gasteiger partial charge in [0.15, 0.2) is 6.29 Å². The molecular formula is C36H50N4O3. The number of aliphatic imine (C=N–C) groups is 2. The number of carbonyl (C=O) groups is 1. The Hall–Kier alpha value is -3.55. The normalized spacial score (nSPS) is 19.1. The second kappa shape index (κ2) is 18.9. The molecule has 3 rings (SSSR count). The summed E-state index contributed by atoms with van der Waals surface area (Å²) in [7, 11) is 0. The second-order valence-corrected chi connectivity index (χ2v) is 11.1. The molecule has 1 aliphatic heterocycles. The smallest absolute Gasteiger partial charge is 0.229 e. The first-order valence-electron chi connectivity index (χ1n) is 15.8. The molecule has 7 nitrogen and oxygen atoms in total. The molecule has 0 bridgehead atoms. The van der Waals surface area contributed by atoms with E-state index in [1.807, 2.05) is 42.5 Å². The lowest BCUT2D eigenvalue weighted by Gasteiger charge is -2.27. The number of anilines is 1. The van der Waals surface area contributed by atoms with Crippen LogP contribution in [0.25, 0.3) is 0 Å². The van der Waals surface area contributed by atoms with Crippen molar-refractivity contribution in [2.45, 2.75) is 78.4 Å². The fourth-order valence-corrected chi connectivity index (χ4v) is 5.24. The maximum absolute atomic E-state index is 13.7. The maximum Gasteiger partial charge on any atom is 0.229 e. The van der Waals surface area contributed by atoms with Gasteiger partial charge >= 0.3 is 0 Å². The number of aliphatic hydroxyl groups excluding tert-OH is 1. The van der Waals surface area contributed by atoms with Gasteiger partial charge in [-0.2, -0.15) is 0 Å². The van der Waals surface area contributed by atoms with E-state index in [0.29, 0.717) is 25.8 Å². The monoisotopic (exact) mass is 586 g/mol. The van der Waals surface area contributed by atoms with Crippen LogP contribution in [0.15, 0.2) is 99.3 Å². The summed E-state index contributed by atoms with van der Waals surface area (Å²) in [6.45, 7) is 9.49. The molecule has 1 unspecified atom stereocenters. The molecule has 0 spiro atoms. The van der Waals surface area contributed by atoms with Crippen molar-refractivity contribution >= 4 is 24.0 Å². The molecule has 0 radical (unpaired) electrons. The van der Waals surface area contributed by atoms with Gasteiger partial charge in [0.25, 0.3) is 0 Å². The van der Waals surface area contributed by atoms with Gasteiger partial charge in [-0.25, -0.2) is 0 Å². The van der Waals surface area contributed by atoms with Crippen LogP contribution < -0.4 is 4.90 Å². The minimum Gasteiger partial charge on any atom is -0.370 e. The molecule has 0 saturated carbocycles. The van der Waals surface area contributed by atoms with Crippen LogP contribution in [-0.2, 0) is 4.79 Å². The van der Waals surface area contributed by atoms with Crippen molar-refractivity contribution in [2.24, 2.45) is 15.9 Å². The Morgan fingerprint density at radius 1 is 1.05 bits per heavy atom. The van der Waals surface area contributed by atoms with Crippen LogP contribution in [0.2, 0.25) is 0 Å². The van der Waals surface area contributed by atoms with Crippen LogP contribution in [0, 0.1) is 5.92 Å². The van der Waals surface area contributed by atoms with Crippen LogP contribution in [0.4, 0.5) is 5.69 Å². The van der Waals surface area contributed by atoms with Gasteiger partial charge in [0.1, 0.15) is 0 Å². The van der Waals surface area contributed by atoms with Crippen molar-refractivity contribution in [1.82, 2.24) is 4.90 Å². The topological polar surface area (TPSA) is 88.7 Å². The maximum atomic E-state index is 13.7. The summed E-state index contributed by atoms with van der Waals surface area (Å²) in [5, 5.41) is 18.1. The highest BCUT2D eigenvalue weighted by Gasteiger charge is 2.27. The molecule has 2 aliphatic rings. The third-order valence-electron chi connectivity index (χ3n) is 7.83. The summed E-state index contributed by atoms with van der Waals surface area (Å²) in [4.78, 5) is 27.6. The van der Waals surface area contributed by atoms with Gasteiger partial charge in [-0.15, -0.1) is 0 Å². The fraction of sp³-hybridized carbons (Fsp3) is 0.472. The van der Waals surface area contributed by atoms with Crippen LogP contribution >= 0.6 is 0 Å². The minimum atomic E-state index is -1.27. The largest absolute Gasteiger partial charge is 0.370 e. The Bertz CT molecular complexity index is 1220. The number of hydrogen-bond acceptors (Lipinski definition) is 6. The molecule has 2 N–H and O–H groups in total. The van der Waals surface area contributed by atoms with Crippen LogP contribution in [-0.4, -0.2) is 65.9 Å². The Labute approximate surface area is 258 Å². The molecule has 0 aromatic heterocycles. The van der Waals surface area contributed by atoms with E-state index < -0.39 is 6.29 Å². The van der Waals surface area contributed by atoms with Crippen molar-refractivity contribution in [3.63, 3.8) is 0 Å². The third kappa shape index (κ3) is 11.9. The molecule has 7 heteroatoms. The first-order valence-corrected chi connectivity index (χ1v) is 15.8. The highest BCUT2D eigenvalue weighted by atomic mass is 16.5. The number of rotatable bonds is 14. The second-order valence-electron chi connectivity index (χ2n) is 11.1. The number of benzene rings is 1. The van der Waals surface area contributed by atoms with Gasteiger partial charge in [0, 0.05) is 57.1 Å². The lowest BCUT2D eigenvalue weighted by molar-refractivity contribution is -0.133. The molecule has 43 heavy (non-hydrogen) atoms. The molecule has 1 aromatic rings. The Kier molecular flexibility index (Phi) is 14.9. The zero-order valence-electron chi connectivity index (χ0n) is 26.2. The lowest BCUT2D eigenvalue weighted by Crippen LogP contribution is -2.39. The van der Waals surface area contributed by atoms with Gasteiger partial charge in [-0.3, -0.25) is 14.8 Å². The quantitative estimate of drug-likeness (QED) is 0.109. The van der Waals surface area contributed by atoms with E-state index in [-0.39, 0.29) is 11.8 Å². The fourth-order valence-electron chi connectivity index (χ4n) is 5.24. The zero-order chi connectivity index (χ0) is 30.9. The van der Waals surface area contributed by atoms with Gasteiger partial charge in [0.2, 0.25) is 5.91 Å². The van der Waals surface area contributed by atoms with E-state index in [1.54, 1.807) is 0 Å². The number of carbonyl (C=O) groups excluding carboxylic acids is 1. The summed E-state index contributed by atoms with van der Waals surface area (Å²) >= 11 is 0. The minimum absolute atomic E-state index is 0.160. The predicted molar refractivity (Wildman–Crippen MR) is 179 cm³/mol. The SMILES string of the molecule is C/C=C(\C=C/CC=NC1=CCC(C(=O)N2CCCN(c3ccccc3)CC2)C=C1N=CCC/C(C)=C/CCC(O)O)CC. The molecule has 1 saturated heterocycles. The first kappa shape index (κ1) is 33.9. The van der Waals surface area contributed by atoms with Crippen molar-refractivity contribution in [3.05, 3.63) is 89.3 Å². The summed E-state index contributed by atoms with van der Waals surface area (Å²) in [6.07, 6.45) is 20.9. The van der Waals surface area contributed by atoms with Gasteiger partial charge < -0.3 is 20.0 Å². The average molecular weight is 587 g/mol. The molecule has 1 amide bonds. The number of amides is 1. The average Bonchev–Trinajstić information content (AvgIpc) is 3.28. The lowest BCUT2D eigenvalue weighted by atomic mass is 9.95. The predicted octanol–water partition coefficient (Wildman–Crippen LogP) is 6.77. The standard InChI is InChI=1S/C36H50N4O3/c1-4-30(5-2)16-9-10-22-37-33-21-20-31(28-34(33)38-23-12-15-29(3)14-11-19-35(41)42)36(43)40-25-13-24-39(26-27-40)32-17-7-6-8-18-32/h4,6-9,14,16-18,21-23,28,31,35,41-42H,5,10-13,15,19-20,24-27H2,1-3H3/b16-9-,29-14+,30-4-,37-22?,38-23?. The molecule has 1 aliphatic carbocycles. The summed E-state index contributed by atoms with van der Waals surface area (Å²) in [5.74, 6) is -0.0873. The zero-order valence-corrected chi connectivity index (χ0v) is 26.2. The summed E-state index contributed by atoms with van der Waals surface area (Å²) in [6, 6.07) is 10.4. The number of allylic oxidation sites excluding steroid dienone is 7. The first-order chi connectivity index (χ1) is 20.9.